The molecular weight excluding hydrogens is 362 g/mol. The fraction of sp³-hybridized carbons (Fsp3) is 0.0556. The van der Waals surface area contributed by atoms with Crippen molar-refractivity contribution in [2.45, 2.75) is 11.8 Å². The van der Waals surface area contributed by atoms with Gasteiger partial charge in [0.1, 0.15) is 11.6 Å². The van der Waals surface area contributed by atoms with E-state index in [4.69, 9.17) is 0 Å². The minimum Gasteiger partial charge on any atom is -0.360 e. The fourth-order valence-corrected chi connectivity index (χ4v) is 3.44. The molecule has 0 unspecified atom stereocenters. The molecule has 0 spiro atoms. The van der Waals surface area contributed by atoms with Gasteiger partial charge in [0, 0.05) is 23.2 Å². The summed E-state index contributed by atoms with van der Waals surface area (Å²) in [4.78, 5) is 14.7. The van der Waals surface area contributed by atoms with Gasteiger partial charge in [0.15, 0.2) is 0 Å². The molecule has 0 bridgehead atoms. The minimum atomic E-state index is -4.13. The van der Waals surface area contributed by atoms with Crippen LogP contribution in [0.4, 0.5) is 8.78 Å². The SMILES string of the molecule is Cc1c[nH]c2c(/C=C/C(=O)NS(=O)(=O)c3ccc(F)cc3)cc(F)cc12. The summed E-state index contributed by atoms with van der Waals surface area (Å²) in [6.45, 7) is 1.81. The lowest BCUT2D eigenvalue weighted by atomic mass is 10.1. The lowest BCUT2D eigenvalue weighted by molar-refractivity contribution is -0.114. The van der Waals surface area contributed by atoms with Gasteiger partial charge in [-0.2, -0.15) is 0 Å². The van der Waals surface area contributed by atoms with E-state index < -0.39 is 27.6 Å². The third-order valence-electron chi connectivity index (χ3n) is 3.76. The van der Waals surface area contributed by atoms with E-state index in [1.54, 1.807) is 6.20 Å². The first kappa shape index (κ1) is 17.8. The van der Waals surface area contributed by atoms with Crippen molar-refractivity contribution in [3.8, 4) is 0 Å². The molecule has 2 N–H and O–H groups in total. The number of hydrogen-bond acceptors (Lipinski definition) is 3. The van der Waals surface area contributed by atoms with Crippen LogP contribution in [-0.2, 0) is 14.8 Å². The Morgan fingerprint density at radius 3 is 2.50 bits per heavy atom. The van der Waals surface area contributed by atoms with Gasteiger partial charge in [-0.15, -0.1) is 0 Å². The summed E-state index contributed by atoms with van der Waals surface area (Å²) in [6.07, 6.45) is 4.02. The summed E-state index contributed by atoms with van der Waals surface area (Å²) in [7, 11) is -4.13. The zero-order valence-corrected chi connectivity index (χ0v) is 14.4. The highest BCUT2D eigenvalue weighted by Gasteiger charge is 2.16. The molecule has 3 rings (SSSR count). The Balaban J connectivity index is 1.83. The van der Waals surface area contributed by atoms with Gasteiger partial charge in [0.2, 0.25) is 0 Å². The van der Waals surface area contributed by atoms with E-state index in [-0.39, 0.29) is 4.90 Å². The van der Waals surface area contributed by atoms with Crippen LogP contribution in [0, 0.1) is 18.6 Å². The second-order valence-corrected chi connectivity index (χ2v) is 7.33. The molecule has 2 aromatic carbocycles. The number of aromatic amines is 1. The van der Waals surface area contributed by atoms with Gasteiger partial charge >= 0.3 is 0 Å². The number of sulfonamides is 1. The maximum atomic E-state index is 13.7. The summed E-state index contributed by atoms with van der Waals surface area (Å²) in [6, 6.07) is 6.66. The fourth-order valence-electron chi connectivity index (χ4n) is 2.49. The van der Waals surface area contributed by atoms with Crippen molar-refractivity contribution < 1.29 is 22.0 Å². The number of rotatable bonds is 4. The van der Waals surface area contributed by atoms with E-state index in [9.17, 15) is 22.0 Å². The zero-order valence-electron chi connectivity index (χ0n) is 13.6. The summed E-state index contributed by atoms with van der Waals surface area (Å²) < 4.78 is 52.6. The molecule has 8 heteroatoms. The van der Waals surface area contributed by atoms with Crippen molar-refractivity contribution in [3.05, 3.63) is 71.4 Å². The second-order valence-electron chi connectivity index (χ2n) is 5.65. The molecule has 0 fully saturated rings. The van der Waals surface area contributed by atoms with Gasteiger partial charge in [-0.05, 0) is 55.0 Å². The van der Waals surface area contributed by atoms with E-state index in [0.717, 1.165) is 35.9 Å². The van der Waals surface area contributed by atoms with Crippen LogP contribution in [0.15, 0.2) is 53.6 Å². The van der Waals surface area contributed by atoms with Gasteiger partial charge in [0.25, 0.3) is 15.9 Å². The molecule has 0 aliphatic rings. The maximum Gasteiger partial charge on any atom is 0.264 e. The monoisotopic (exact) mass is 376 g/mol. The summed E-state index contributed by atoms with van der Waals surface area (Å²) in [5, 5.41) is 0.670. The lowest BCUT2D eigenvalue weighted by Crippen LogP contribution is -2.28. The Morgan fingerprint density at radius 2 is 1.81 bits per heavy atom. The van der Waals surface area contributed by atoms with Crippen molar-refractivity contribution in [2.24, 2.45) is 0 Å². The third kappa shape index (κ3) is 3.65. The molecule has 0 saturated carbocycles. The molecule has 5 nitrogen and oxygen atoms in total. The minimum absolute atomic E-state index is 0.242. The Kier molecular flexibility index (Phi) is 4.60. The number of amides is 1. The summed E-state index contributed by atoms with van der Waals surface area (Å²) in [5.74, 6) is -1.97. The number of aryl methyl sites for hydroxylation is 1. The smallest absolute Gasteiger partial charge is 0.264 e. The largest absolute Gasteiger partial charge is 0.360 e. The van der Waals surface area contributed by atoms with Crippen LogP contribution in [0.5, 0.6) is 0 Å². The highest BCUT2D eigenvalue weighted by atomic mass is 32.2. The topological polar surface area (TPSA) is 79.0 Å². The average Bonchev–Trinajstić information content (AvgIpc) is 2.94. The predicted molar refractivity (Wildman–Crippen MR) is 93.8 cm³/mol. The maximum absolute atomic E-state index is 13.7. The first-order valence-corrected chi connectivity index (χ1v) is 9.02. The molecule has 26 heavy (non-hydrogen) atoms. The van der Waals surface area contributed by atoms with Crippen molar-refractivity contribution >= 4 is 32.9 Å². The Bertz CT molecular complexity index is 1120. The van der Waals surface area contributed by atoms with Gasteiger partial charge in [0.05, 0.1) is 10.4 Å². The average molecular weight is 376 g/mol. The summed E-state index contributed by atoms with van der Waals surface area (Å²) >= 11 is 0. The molecule has 0 radical (unpaired) electrons. The lowest BCUT2D eigenvalue weighted by Gasteiger charge is -2.04. The Labute approximate surface area is 148 Å². The standard InChI is InChI=1S/C18H14F2N2O3S/c1-11-10-21-18-12(8-14(20)9-16(11)18)2-7-17(23)22-26(24,25)15-5-3-13(19)4-6-15/h2-10,21H,1H3,(H,22,23)/b7-2+. The molecule has 0 saturated heterocycles. The molecule has 1 amide bonds. The molecule has 0 aliphatic heterocycles. The van der Waals surface area contributed by atoms with E-state index >= 15 is 0 Å². The second kappa shape index (κ2) is 6.72. The zero-order chi connectivity index (χ0) is 18.9. The van der Waals surface area contributed by atoms with E-state index in [1.165, 1.54) is 18.2 Å². The molecule has 0 atom stereocenters. The number of halogens is 2. The van der Waals surface area contributed by atoms with Crippen molar-refractivity contribution in [2.75, 3.05) is 0 Å². The number of benzene rings is 2. The molecule has 1 aromatic heterocycles. The van der Waals surface area contributed by atoms with E-state index in [1.807, 2.05) is 11.6 Å². The summed E-state index contributed by atoms with van der Waals surface area (Å²) in [5.41, 5.74) is 1.88. The number of nitrogens with one attached hydrogen (secondary N) is 2. The van der Waals surface area contributed by atoms with Crippen LogP contribution in [-0.4, -0.2) is 19.3 Å². The van der Waals surface area contributed by atoms with Crippen LogP contribution >= 0.6 is 0 Å². The quantitative estimate of drug-likeness (QED) is 0.686. The molecule has 134 valence electrons. The number of aromatic nitrogens is 1. The first-order chi connectivity index (χ1) is 12.3. The van der Waals surface area contributed by atoms with Crippen LogP contribution in [0.2, 0.25) is 0 Å². The van der Waals surface area contributed by atoms with E-state index in [0.29, 0.717) is 16.5 Å². The van der Waals surface area contributed by atoms with Gasteiger partial charge in [-0.25, -0.2) is 21.9 Å². The van der Waals surface area contributed by atoms with Crippen molar-refractivity contribution in [1.82, 2.24) is 9.71 Å². The number of carbonyl (C=O) groups excluding carboxylic acids is 1. The highest BCUT2D eigenvalue weighted by Crippen LogP contribution is 2.23. The number of carbonyl (C=O) groups is 1. The van der Waals surface area contributed by atoms with Crippen LogP contribution < -0.4 is 4.72 Å². The van der Waals surface area contributed by atoms with Gasteiger partial charge in [-0.1, -0.05) is 0 Å². The Morgan fingerprint density at radius 1 is 1.12 bits per heavy atom. The van der Waals surface area contributed by atoms with Gasteiger partial charge in [-0.3, -0.25) is 4.79 Å². The van der Waals surface area contributed by atoms with Crippen LogP contribution in [0.1, 0.15) is 11.1 Å². The number of hydrogen-bond donors (Lipinski definition) is 2. The first-order valence-electron chi connectivity index (χ1n) is 7.54. The third-order valence-corrected chi connectivity index (χ3v) is 5.13. The molecule has 1 heterocycles. The van der Waals surface area contributed by atoms with Crippen molar-refractivity contribution in [1.29, 1.82) is 0 Å². The number of fused-ring (bicyclic) bond motifs is 1. The van der Waals surface area contributed by atoms with Crippen LogP contribution in [0.25, 0.3) is 17.0 Å². The van der Waals surface area contributed by atoms with Crippen LogP contribution in [0.3, 0.4) is 0 Å². The predicted octanol–water partition coefficient (Wildman–Crippen LogP) is 3.27. The molecule has 3 aromatic rings. The number of H-pyrrole nitrogens is 1. The molecular formula is C18H14F2N2O3S. The van der Waals surface area contributed by atoms with E-state index in [2.05, 4.69) is 4.98 Å². The van der Waals surface area contributed by atoms with Gasteiger partial charge < -0.3 is 4.98 Å². The normalized spacial score (nSPS) is 12.0. The highest BCUT2D eigenvalue weighted by molar-refractivity contribution is 7.90. The van der Waals surface area contributed by atoms with Crippen molar-refractivity contribution in [3.63, 3.8) is 0 Å². The molecule has 0 aliphatic carbocycles. The Hall–Kier alpha value is -3.00.